The molecule has 0 fully saturated rings. The van der Waals surface area contributed by atoms with Crippen LogP contribution in [0.15, 0.2) is 35.7 Å². The molecule has 1 N–H and O–H groups in total. The Balaban J connectivity index is 1.88. The van der Waals surface area contributed by atoms with E-state index in [-0.39, 0.29) is 30.4 Å². The number of amides is 1. The van der Waals surface area contributed by atoms with Crippen molar-refractivity contribution in [3.63, 3.8) is 0 Å². The second-order valence-corrected chi connectivity index (χ2v) is 10.5. The smallest absolute Gasteiger partial charge is 0.223 e. The predicted molar refractivity (Wildman–Crippen MR) is 142 cm³/mol. The number of imidazole rings is 1. The Hall–Kier alpha value is -2.98. The molecular weight excluding hydrogens is 456 g/mol. The van der Waals surface area contributed by atoms with Crippen LogP contribution in [-0.2, 0) is 11.2 Å². The van der Waals surface area contributed by atoms with Crippen LogP contribution in [0.4, 0.5) is 0 Å². The van der Waals surface area contributed by atoms with E-state index in [9.17, 15) is 9.59 Å². The number of ketones is 1. The fourth-order valence-corrected chi connectivity index (χ4v) is 5.36. The third-order valence-electron chi connectivity index (χ3n) is 6.40. The summed E-state index contributed by atoms with van der Waals surface area (Å²) in [6.07, 6.45) is 3.83. The number of fused-ring (bicyclic) bond motifs is 1. The van der Waals surface area contributed by atoms with Crippen molar-refractivity contribution in [2.75, 3.05) is 6.54 Å². The third-order valence-corrected chi connectivity index (χ3v) is 7.28. The van der Waals surface area contributed by atoms with Gasteiger partial charge in [0, 0.05) is 41.8 Å². The molecule has 0 saturated heterocycles. The normalized spacial score (nSPS) is 12.3. The SMILES string of the molecule is CCC(CC)n1c(Cc2cccs2)nc2cc(C(=O)C[C@@H](CC(C)C)C(=O)NCCC#N)ccc21. The van der Waals surface area contributed by atoms with Gasteiger partial charge in [-0.25, -0.2) is 4.98 Å². The highest BCUT2D eigenvalue weighted by atomic mass is 32.1. The first-order valence-corrected chi connectivity index (χ1v) is 13.5. The molecule has 7 heteroatoms. The molecule has 0 spiro atoms. The number of hydrogen-bond acceptors (Lipinski definition) is 5. The van der Waals surface area contributed by atoms with Crippen LogP contribution in [0.3, 0.4) is 0 Å². The molecule has 35 heavy (non-hydrogen) atoms. The fraction of sp³-hybridized carbons (Fsp3) is 0.500. The number of hydrogen-bond donors (Lipinski definition) is 1. The predicted octanol–water partition coefficient (Wildman–Crippen LogP) is 6.31. The van der Waals surface area contributed by atoms with Crippen LogP contribution in [0.25, 0.3) is 11.0 Å². The lowest BCUT2D eigenvalue weighted by molar-refractivity contribution is -0.125. The van der Waals surface area contributed by atoms with Gasteiger partial charge in [-0.2, -0.15) is 5.26 Å². The number of nitrogens with one attached hydrogen (secondary N) is 1. The van der Waals surface area contributed by atoms with Crippen LogP contribution in [0, 0.1) is 23.2 Å². The Morgan fingerprint density at radius 2 is 1.97 bits per heavy atom. The fourth-order valence-electron chi connectivity index (χ4n) is 4.66. The first-order chi connectivity index (χ1) is 16.9. The molecule has 1 atom stereocenters. The van der Waals surface area contributed by atoms with Crippen molar-refractivity contribution in [1.29, 1.82) is 5.26 Å². The van der Waals surface area contributed by atoms with Crippen molar-refractivity contribution in [2.45, 2.75) is 72.3 Å². The minimum Gasteiger partial charge on any atom is -0.355 e. The van der Waals surface area contributed by atoms with Gasteiger partial charge < -0.3 is 9.88 Å². The maximum absolute atomic E-state index is 13.2. The number of Topliss-reactive ketones (excluding diaryl/α,β-unsaturated/α-hetero) is 1. The van der Waals surface area contributed by atoms with Crippen molar-refractivity contribution < 1.29 is 9.59 Å². The zero-order chi connectivity index (χ0) is 25.4. The van der Waals surface area contributed by atoms with Gasteiger partial charge in [0.15, 0.2) is 5.78 Å². The number of benzene rings is 1. The van der Waals surface area contributed by atoms with E-state index in [4.69, 9.17) is 10.2 Å². The molecule has 3 rings (SSSR count). The lowest BCUT2D eigenvalue weighted by Crippen LogP contribution is -2.33. The summed E-state index contributed by atoms with van der Waals surface area (Å²) in [6, 6.07) is 12.3. The van der Waals surface area contributed by atoms with E-state index in [0.29, 0.717) is 24.6 Å². The van der Waals surface area contributed by atoms with E-state index in [1.807, 2.05) is 38.1 Å². The van der Waals surface area contributed by atoms with Gasteiger partial charge in [-0.05, 0) is 54.8 Å². The summed E-state index contributed by atoms with van der Waals surface area (Å²) in [5, 5.41) is 13.6. The van der Waals surface area contributed by atoms with Crippen LogP contribution >= 0.6 is 11.3 Å². The lowest BCUT2D eigenvalue weighted by atomic mass is 9.89. The Kier molecular flexibility index (Phi) is 9.62. The summed E-state index contributed by atoms with van der Waals surface area (Å²) in [5.41, 5.74) is 2.47. The number of nitriles is 1. The Labute approximate surface area is 212 Å². The van der Waals surface area contributed by atoms with Gasteiger partial charge >= 0.3 is 0 Å². The molecule has 2 aromatic heterocycles. The highest BCUT2D eigenvalue weighted by Gasteiger charge is 2.24. The molecule has 1 amide bonds. The topological polar surface area (TPSA) is 87.8 Å². The molecule has 0 bridgehead atoms. The van der Waals surface area contributed by atoms with Crippen LogP contribution in [0.2, 0.25) is 0 Å². The van der Waals surface area contributed by atoms with Crippen LogP contribution in [-0.4, -0.2) is 27.8 Å². The number of carbonyl (C=O) groups is 2. The Morgan fingerprint density at radius 3 is 2.60 bits per heavy atom. The summed E-state index contributed by atoms with van der Waals surface area (Å²) in [4.78, 5) is 32.2. The molecule has 0 radical (unpaired) electrons. The summed E-state index contributed by atoms with van der Waals surface area (Å²) in [7, 11) is 0. The quantitative estimate of drug-likeness (QED) is 0.223. The number of thiophene rings is 1. The first kappa shape index (κ1) is 26.6. The molecule has 6 nitrogen and oxygen atoms in total. The van der Waals surface area contributed by atoms with Gasteiger partial charge in [-0.3, -0.25) is 9.59 Å². The molecule has 2 heterocycles. The molecule has 0 unspecified atom stereocenters. The summed E-state index contributed by atoms with van der Waals surface area (Å²) >= 11 is 1.73. The molecule has 3 aromatic rings. The van der Waals surface area contributed by atoms with Gasteiger partial charge in [0.2, 0.25) is 5.91 Å². The van der Waals surface area contributed by atoms with E-state index < -0.39 is 5.92 Å². The number of rotatable bonds is 13. The standard InChI is InChI=1S/C28H36N4O2S/c1-5-22(6-2)32-25-11-10-20(16-24(25)31-27(32)18-23-9-7-14-35-23)26(33)17-21(15-19(3)4)28(34)30-13-8-12-29/h7,9-11,14,16,19,21-22H,5-6,8,13,15,17-18H2,1-4H3,(H,30,34)/t21-/m1/s1. The maximum atomic E-state index is 13.2. The van der Waals surface area contributed by atoms with E-state index in [1.165, 1.54) is 4.88 Å². The molecule has 0 aliphatic rings. The van der Waals surface area contributed by atoms with Crippen molar-refractivity contribution in [3.05, 3.63) is 52.0 Å². The van der Waals surface area contributed by atoms with E-state index in [0.717, 1.165) is 36.1 Å². The molecule has 186 valence electrons. The monoisotopic (exact) mass is 492 g/mol. The van der Waals surface area contributed by atoms with E-state index in [2.05, 4.69) is 41.2 Å². The van der Waals surface area contributed by atoms with Gasteiger partial charge in [-0.15, -0.1) is 11.3 Å². The van der Waals surface area contributed by atoms with Crippen molar-refractivity contribution >= 4 is 34.1 Å². The van der Waals surface area contributed by atoms with Crippen LogP contribution < -0.4 is 5.32 Å². The second kappa shape index (κ2) is 12.6. The minimum absolute atomic E-state index is 0.0510. The highest BCUT2D eigenvalue weighted by molar-refractivity contribution is 7.09. The molecular formula is C28H36N4O2S. The Morgan fingerprint density at radius 1 is 1.20 bits per heavy atom. The lowest BCUT2D eigenvalue weighted by Gasteiger charge is -2.19. The number of aromatic nitrogens is 2. The molecule has 0 aliphatic heterocycles. The zero-order valence-electron chi connectivity index (χ0n) is 21.2. The van der Waals surface area contributed by atoms with E-state index >= 15 is 0 Å². The number of carbonyl (C=O) groups excluding carboxylic acids is 2. The summed E-state index contributed by atoms with van der Waals surface area (Å²) in [6.45, 7) is 8.80. The van der Waals surface area contributed by atoms with Crippen molar-refractivity contribution in [3.8, 4) is 6.07 Å². The molecule has 1 aromatic carbocycles. The van der Waals surface area contributed by atoms with Crippen LogP contribution in [0.1, 0.15) is 86.9 Å². The summed E-state index contributed by atoms with van der Waals surface area (Å²) in [5.74, 6) is 0.695. The average molecular weight is 493 g/mol. The maximum Gasteiger partial charge on any atom is 0.223 e. The minimum atomic E-state index is -0.409. The highest BCUT2D eigenvalue weighted by Crippen LogP contribution is 2.29. The van der Waals surface area contributed by atoms with Crippen molar-refractivity contribution in [1.82, 2.24) is 14.9 Å². The van der Waals surface area contributed by atoms with Gasteiger partial charge in [-0.1, -0.05) is 33.8 Å². The Bertz CT molecular complexity index is 1170. The van der Waals surface area contributed by atoms with Gasteiger partial charge in [0.25, 0.3) is 0 Å². The first-order valence-electron chi connectivity index (χ1n) is 12.6. The molecule has 0 aliphatic carbocycles. The largest absolute Gasteiger partial charge is 0.355 e. The average Bonchev–Trinajstić information content (AvgIpc) is 3.47. The van der Waals surface area contributed by atoms with Gasteiger partial charge in [0.05, 0.1) is 23.5 Å². The zero-order valence-corrected chi connectivity index (χ0v) is 22.0. The molecule has 0 saturated carbocycles. The van der Waals surface area contributed by atoms with Crippen molar-refractivity contribution in [2.24, 2.45) is 11.8 Å². The third kappa shape index (κ3) is 6.79. The number of nitrogens with zero attached hydrogens (tertiary/aromatic N) is 3. The summed E-state index contributed by atoms with van der Waals surface area (Å²) < 4.78 is 2.34. The van der Waals surface area contributed by atoms with E-state index in [1.54, 1.807) is 11.3 Å². The van der Waals surface area contributed by atoms with Crippen LogP contribution in [0.5, 0.6) is 0 Å². The van der Waals surface area contributed by atoms with Gasteiger partial charge in [0.1, 0.15) is 5.82 Å². The second-order valence-electron chi connectivity index (χ2n) is 9.48.